The molecule has 0 aliphatic carbocycles. The number of anilines is 1. The van der Waals surface area contributed by atoms with E-state index in [0.29, 0.717) is 0 Å². The normalized spacial score (nSPS) is 12.4. The van der Waals surface area contributed by atoms with E-state index < -0.39 is 4.92 Å². The second kappa shape index (κ2) is 4.96. The van der Waals surface area contributed by atoms with E-state index in [1.54, 1.807) is 0 Å². The van der Waals surface area contributed by atoms with Crippen molar-refractivity contribution in [3.05, 3.63) is 50.7 Å². The minimum absolute atomic E-state index is 0.0851. The molecule has 0 bridgehead atoms. The van der Waals surface area contributed by atoms with Crippen molar-refractivity contribution >= 4 is 11.5 Å². The molecule has 106 valence electrons. The second-order valence-electron chi connectivity index (χ2n) is 5.11. The van der Waals surface area contributed by atoms with E-state index in [4.69, 9.17) is 5.73 Å². The van der Waals surface area contributed by atoms with Crippen LogP contribution in [0.5, 0.6) is 0 Å². The number of aromatic nitrogens is 2. The van der Waals surface area contributed by atoms with Crippen LogP contribution in [-0.4, -0.2) is 14.7 Å². The molecule has 1 atom stereocenters. The van der Waals surface area contributed by atoms with Gasteiger partial charge in [0.15, 0.2) is 0 Å². The molecular weight excluding hydrogens is 256 g/mol. The second-order valence-corrected chi connectivity index (χ2v) is 5.11. The summed E-state index contributed by atoms with van der Waals surface area (Å²) in [5.41, 5.74) is 10.2. The van der Waals surface area contributed by atoms with Crippen LogP contribution in [-0.2, 0) is 0 Å². The van der Waals surface area contributed by atoms with Gasteiger partial charge in [0, 0.05) is 0 Å². The van der Waals surface area contributed by atoms with Crippen molar-refractivity contribution in [2.24, 2.45) is 0 Å². The van der Waals surface area contributed by atoms with Crippen LogP contribution in [0.15, 0.2) is 18.3 Å². The van der Waals surface area contributed by atoms with Gasteiger partial charge in [-0.05, 0) is 44.4 Å². The maximum absolute atomic E-state index is 10.8. The van der Waals surface area contributed by atoms with Gasteiger partial charge in [-0.15, -0.1) is 0 Å². The molecule has 0 radical (unpaired) electrons. The molecule has 0 saturated heterocycles. The largest absolute Gasteiger partial charge is 0.378 e. The van der Waals surface area contributed by atoms with Gasteiger partial charge < -0.3 is 5.73 Å². The van der Waals surface area contributed by atoms with E-state index in [2.05, 4.69) is 17.2 Å². The highest BCUT2D eigenvalue weighted by Gasteiger charge is 2.23. The van der Waals surface area contributed by atoms with Crippen molar-refractivity contribution in [3.63, 3.8) is 0 Å². The molecular formula is C14H18N4O2. The molecule has 0 aliphatic rings. The summed E-state index contributed by atoms with van der Waals surface area (Å²) in [6.45, 7) is 8.04. The summed E-state index contributed by atoms with van der Waals surface area (Å²) in [5, 5.41) is 14.9. The average Bonchev–Trinajstić information content (AvgIpc) is 2.69. The predicted molar refractivity (Wildman–Crippen MR) is 77.8 cm³/mol. The minimum Gasteiger partial charge on any atom is -0.378 e. The summed E-state index contributed by atoms with van der Waals surface area (Å²) >= 11 is 0. The number of benzene rings is 1. The smallest absolute Gasteiger partial charge is 0.330 e. The number of hydrogen-bond acceptors (Lipinski definition) is 4. The van der Waals surface area contributed by atoms with Gasteiger partial charge in [0.05, 0.1) is 11.0 Å². The molecule has 0 amide bonds. The summed E-state index contributed by atoms with van der Waals surface area (Å²) in [6, 6.07) is 4.03. The Morgan fingerprint density at radius 1 is 1.30 bits per heavy atom. The van der Waals surface area contributed by atoms with Gasteiger partial charge >= 0.3 is 5.69 Å². The molecule has 6 heteroatoms. The fraction of sp³-hybridized carbons (Fsp3) is 0.357. The van der Waals surface area contributed by atoms with Crippen LogP contribution < -0.4 is 5.73 Å². The highest BCUT2D eigenvalue weighted by Crippen LogP contribution is 2.30. The maximum atomic E-state index is 10.8. The first-order valence-electron chi connectivity index (χ1n) is 6.38. The molecule has 2 aromatic rings. The number of nitrogen functional groups attached to an aromatic ring is 1. The van der Waals surface area contributed by atoms with Crippen LogP contribution in [0.2, 0.25) is 0 Å². The van der Waals surface area contributed by atoms with Crippen molar-refractivity contribution in [3.8, 4) is 0 Å². The van der Waals surface area contributed by atoms with Crippen LogP contribution in [0, 0.1) is 30.9 Å². The van der Waals surface area contributed by atoms with Crippen molar-refractivity contribution < 1.29 is 4.92 Å². The number of hydrogen-bond donors (Lipinski definition) is 1. The van der Waals surface area contributed by atoms with Gasteiger partial charge in [0.2, 0.25) is 5.82 Å². The van der Waals surface area contributed by atoms with Crippen LogP contribution in [0.1, 0.15) is 35.2 Å². The highest BCUT2D eigenvalue weighted by atomic mass is 16.6. The fourth-order valence-corrected chi connectivity index (χ4v) is 2.78. The van der Waals surface area contributed by atoms with Crippen LogP contribution in [0.4, 0.5) is 11.5 Å². The SMILES string of the molecule is Cc1cc(C)c(C(C)n2ncc([N+](=O)[O-])c2N)c(C)c1. The van der Waals surface area contributed by atoms with Crippen molar-refractivity contribution in [1.29, 1.82) is 0 Å². The minimum atomic E-state index is -0.513. The Kier molecular flexibility index (Phi) is 3.48. The summed E-state index contributed by atoms with van der Waals surface area (Å²) in [5.74, 6) is 0.0851. The Morgan fingerprint density at radius 2 is 1.85 bits per heavy atom. The summed E-state index contributed by atoms with van der Waals surface area (Å²) in [7, 11) is 0. The van der Waals surface area contributed by atoms with E-state index in [9.17, 15) is 10.1 Å². The molecule has 1 aromatic heterocycles. The first-order chi connectivity index (χ1) is 9.32. The van der Waals surface area contributed by atoms with Gasteiger partial charge in [0.1, 0.15) is 6.20 Å². The van der Waals surface area contributed by atoms with Crippen molar-refractivity contribution in [1.82, 2.24) is 9.78 Å². The molecule has 6 nitrogen and oxygen atoms in total. The third-order valence-electron chi connectivity index (χ3n) is 3.53. The Hall–Kier alpha value is -2.37. The monoisotopic (exact) mass is 274 g/mol. The molecule has 0 aliphatic heterocycles. The molecule has 0 saturated carbocycles. The van der Waals surface area contributed by atoms with E-state index in [-0.39, 0.29) is 17.5 Å². The first-order valence-corrected chi connectivity index (χ1v) is 6.38. The van der Waals surface area contributed by atoms with Crippen LogP contribution in [0.3, 0.4) is 0 Å². The molecule has 2 N–H and O–H groups in total. The van der Waals surface area contributed by atoms with Gasteiger partial charge in [-0.2, -0.15) is 5.10 Å². The van der Waals surface area contributed by atoms with E-state index >= 15 is 0 Å². The van der Waals surface area contributed by atoms with E-state index in [1.165, 1.54) is 16.4 Å². The molecule has 1 aromatic carbocycles. The lowest BCUT2D eigenvalue weighted by Crippen LogP contribution is -2.14. The van der Waals surface area contributed by atoms with Gasteiger partial charge in [-0.1, -0.05) is 17.7 Å². The number of nitrogens with zero attached hydrogens (tertiary/aromatic N) is 3. The lowest BCUT2D eigenvalue weighted by atomic mass is 9.95. The number of nitro groups is 1. The zero-order valence-electron chi connectivity index (χ0n) is 12.0. The lowest BCUT2D eigenvalue weighted by molar-refractivity contribution is -0.384. The number of aryl methyl sites for hydroxylation is 3. The average molecular weight is 274 g/mol. The van der Waals surface area contributed by atoms with Crippen LogP contribution >= 0.6 is 0 Å². The van der Waals surface area contributed by atoms with Gasteiger partial charge in [0.25, 0.3) is 0 Å². The Labute approximate surface area is 117 Å². The molecule has 2 rings (SSSR count). The Bertz CT molecular complexity index is 653. The third kappa shape index (κ3) is 2.24. The molecule has 0 spiro atoms. The molecule has 20 heavy (non-hydrogen) atoms. The molecule has 1 heterocycles. The molecule has 1 unspecified atom stereocenters. The summed E-state index contributed by atoms with van der Waals surface area (Å²) in [4.78, 5) is 10.3. The first kappa shape index (κ1) is 14.0. The van der Waals surface area contributed by atoms with Gasteiger partial charge in [-0.25, -0.2) is 4.68 Å². The standard InChI is InChI=1S/C14H18N4O2/c1-8-5-9(2)13(10(3)6-8)11(4)17-14(15)12(7-16-17)18(19)20/h5-7,11H,15H2,1-4H3. The summed E-state index contributed by atoms with van der Waals surface area (Å²) in [6.07, 6.45) is 1.20. The summed E-state index contributed by atoms with van der Waals surface area (Å²) < 4.78 is 1.50. The molecule has 0 fully saturated rings. The van der Waals surface area contributed by atoms with E-state index in [1.807, 2.05) is 27.7 Å². The Morgan fingerprint density at radius 3 is 2.30 bits per heavy atom. The van der Waals surface area contributed by atoms with Gasteiger partial charge in [-0.3, -0.25) is 10.1 Å². The van der Waals surface area contributed by atoms with E-state index in [0.717, 1.165) is 16.7 Å². The number of rotatable bonds is 3. The lowest BCUT2D eigenvalue weighted by Gasteiger charge is -2.19. The zero-order valence-corrected chi connectivity index (χ0v) is 12.0. The Balaban J connectivity index is 2.52. The fourth-order valence-electron chi connectivity index (χ4n) is 2.78. The van der Waals surface area contributed by atoms with Crippen molar-refractivity contribution in [2.75, 3.05) is 5.73 Å². The third-order valence-corrected chi connectivity index (χ3v) is 3.53. The van der Waals surface area contributed by atoms with Crippen LogP contribution in [0.25, 0.3) is 0 Å². The van der Waals surface area contributed by atoms with Crippen molar-refractivity contribution in [2.45, 2.75) is 33.7 Å². The quantitative estimate of drug-likeness (QED) is 0.688. The zero-order chi connectivity index (χ0) is 15.0. The topological polar surface area (TPSA) is 87.0 Å². The number of nitrogens with two attached hydrogens (primary N) is 1. The maximum Gasteiger partial charge on any atom is 0.330 e. The highest BCUT2D eigenvalue weighted by molar-refractivity contribution is 5.52. The predicted octanol–water partition coefficient (Wildman–Crippen LogP) is 2.91.